The molecule has 22 heavy (non-hydrogen) atoms. The highest BCUT2D eigenvalue weighted by atomic mass is 32.2. The molecular weight excluding hydrogens is 296 g/mol. The molecule has 1 aromatic carbocycles. The molecule has 1 atom stereocenters. The van der Waals surface area contributed by atoms with Crippen LogP contribution in [-0.2, 0) is 4.79 Å². The van der Waals surface area contributed by atoms with Gasteiger partial charge in [-0.25, -0.2) is 4.98 Å². The first-order valence-electron chi connectivity index (χ1n) is 7.59. The first-order chi connectivity index (χ1) is 10.6. The van der Waals surface area contributed by atoms with E-state index in [9.17, 15) is 4.79 Å². The largest absolute Gasteiger partial charge is 0.437 e. The van der Waals surface area contributed by atoms with E-state index in [2.05, 4.69) is 4.98 Å². The van der Waals surface area contributed by atoms with E-state index in [4.69, 9.17) is 4.42 Å². The van der Waals surface area contributed by atoms with Gasteiger partial charge in [0.1, 0.15) is 11.0 Å². The fourth-order valence-corrected chi connectivity index (χ4v) is 3.69. The summed E-state index contributed by atoms with van der Waals surface area (Å²) in [6.45, 7) is 5.52. The number of aromatic nitrogens is 1. The molecule has 0 N–H and O–H groups in total. The third-order valence-corrected chi connectivity index (χ3v) is 5.06. The molecule has 1 aromatic heterocycles. The van der Waals surface area contributed by atoms with Gasteiger partial charge < -0.3 is 9.32 Å². The molecular formula is C17H20N2O2S. The highest BCUT2D eigenvalue weighted by molar-refractivity contribution is 8.00. The number of carbonyl (C=O) groups excluding carboxylic acids is 1. The predicted octanol–water partition coefficient (Wildman–Crippen LogP) is 3.75. The fraction of sp³-hybridized carbons (Fsp3) is 0.412. The third-order valence-electron chi connectivity index (χ3n) is 3.97. The van der Waals surface area contributed by atoms with Gasteiger partial charge in [-0.3, -0.25) is 4.79 Å². The molecule has 4 nitrogen and oxygen atoms in total. The number of carbonyl (C=O) groups is 1. The minimum atomic E-state index is -0.295. The van der Waals surface area contributed by atoms with E-state index in [1.807, 2.05) is 49.1 Å². The maximum absolute atomic E-state index is 12.9. The summed E-state index contributed by atoms with van der Waals surface area (Å²) in [5.41, 5.74) is 1.88. The van der Waals surface area contributed by atoms with Crippen molar-refractivity contribution in [3.05, 3.63) is 47.3 Å². The Morgan fingerprint density at radius 2 is 1.91 bits per heavy atom. The van der Waals surface area contributed by atoms with Crippen molar-refractivity contribution >= 4 is 17.7 Å². The number of thioether (sulfide) groups is 1. The molecule has 0 aliphatic carbocycles. The number of aryl methyl sites for hydroxylation is 2. The smallest absolute Gasteiger partial charge is 0.257 e. The summed E-state index contributed by atoms with van der Waals surface area (Å²) in [6, 6.07) is 9.88. The summed E-state index contributed by atoms with van der Waals surface area (Å²) in [5.74, 6) is 0.963. The summed E-state index contributed by atoms with van der Waals surface area (Å²) in [4.78, 5) is 19.2. The number of benzene rings is 1. The van der Waals surface area contributed by atoms with E-state index in [1.54, 1.807) is 0 Å². The lowest BCUT2D eigenvalue weighted by Crippen LogP contribution is -2.31. The number of amides is 1. The number of oxazole rings is 1. The second-order valence-corrected chi connectivity index (χ2v) is 6.62. The Balaban J connectivity index is 1.87. The van der Waals surface area contributed by atoms with Gasteiger partial charge >= 0.3 is 0 Å². The Bertz CT molecular complexity index is 628. The Kier molecular flexibility index (Phi) is 4.52. The molecule has 116 valence electrons. The lowest BCUT2D eigenvalue weighted by Gasteiger charge is -2.22. The van der Waals surface area contributed by atoms with Gasteiger partial charge in [-0.05, 0) is 44.0 Å². The lowest BCUT2D eigenvalue weighted by atomic mass is 10.1. The van der Waals surface area contributed by atoms with Crippen LogP contribution in [0.15, 0.2) is 40.0 Å². The Labute approximate surface area is 134 Å². The zero-order valence-electron chi connectivity index (χ0n) is 12.9. The molecule has 0 spiro atoms. The van der Waals surface area contributed by atoms with Crippen molar-refractivity contribution < 1.29 is 9.21 Å². The average Bonchev–Trinajstić information content (AvgIpc) is 3.16. The summed E-state index contributed by atoms with van der Waals surface area (Å²) in [6.07, 6.45) is 2.18. The van der Waals surface area contributed by atoms with Gasteiger partial charge in [-0.1, -0.05) is 30.3 Å². The molecule has 2 aromatic rings. The van der Waals surface area contributed by atoms with Gasteiger partial charge in [0.15, 0.2) is 0 Å². The first kappa shape index (κ1) is 15.2. The van der Waals surface area contributed by atoms with E-state index in [1.165, 1.54) is 11.8 Å². The van der Waals surface area contributed by atoms with Crippen LogP contribution in [0.3, 0.4) is 0 Å². The Morgan fingerprint density at radius 1 is 1.23 bits per heavy atom. The zero-order chi connectivity index (χ0) is 15.5. The van der Waals surface area contributed by atoms with Crippen molar-refractivity contribution in [2.45, 2.75) is 37.2 Å². The number of hydrogen-bond donors (Lipinski definition) is 0. The summed E-state index contributed by atoms with van der Waals surface area (Å²) in [5, 5.41) is 0.271. The topological polar surface area (TPSA) is 46.3 Å². The fourth-order valence-electron chi connectivity index (χ4n) is 2.59. The van der Waals surface area contributed by atoms with Crippen LogP contribution in [0.2, 0.25) is 0 Å². The molecule has 1 unspecified atom stereocenters. The van der Waals surface area contributed by atoms with Crippen molar-refractivity contribution in [1.29, 1.82) is 0 Å². The zero-order valence-corrected chi connectivity index (χ0v) is 13.7. The van der Waals surface area contributed by atoms with Gasteiger partial charge in [-0.2, -0.15) is 0 Å². The van der Waals surface area contributed by atoms with Gasteiger partial charge in [0.25, 0.3) is 5.22 Å². The summed E-state index contributed by atoms with van der Waals surface area (Å²) < 4.78 is 5.66. The average molecular weight is 316 g/mol. The molecule has 1 saturated heterocycles. The second-order valence-electron chi connectivity index (χ2n) is 5.56. The van der Waals surface area contributed by atoms with E-state index < -0.39 is 0 Å². The van der Waals surface area contributed by atoms with Crippen molar-refractivity contribution in [3.8, 4) is 0 Å². The maximum atomic E-state index is 12.9. The number of hydrogen-bond acceptors (Lipinski definition) is 4. The SMILES string of the molecule is Cc1nc(SC(C(=O)N2CCCC2)c2ccccc2)oc1C. The maximum Gasteiger partial charge on any atom is 0.257 e. The molecule has 5 heteroatoms. The van der Waals surface area contributed by atoms with Crippen LogP contribution in [0.4, 0.5) is 0 Å². The molecule has 0 saturated carbocycles. The molecule has 2 heterocycles. The highest BCUT2D eigenvalue weighted by Gasteiger charge is 2.30. The van der Waals surface area contributed by atoms with Crippen molar-refractivity contribution in [2.75, 3.05) is 13.1 Å². The van der Waals surface area contributed by atoms with Crippen LogP contribution in [0.1, 0.15) is 35.1 Å². The summed E-state index contributed by atoms with van der Waals surface area (Å²) in [7, 11) is 0. The van der Waals surface area contributed by atoms with Crippen LogP contribution < -0.4 is 0 Å². The predicted molar refractivity (Wildman–Crippen MR) is 86.8 cm³/mol. The molecule has 3 rings (SSSR count). The lowest BCUT2D eigenvalue weighted by molar-refractivity contribution is -0.129. The van der Waals surface area contributed by atoms with Crippen molar-refractivity contribution in [3.63, 3.8) is 0 Å². The van der Waals surface area contributed by atoms with Crippen LogP contribution in [0.5, 0.6) is 0 Å². The van der Waals surface area contributed by atoms with Gasteiger partial charge in [-0.15, -0.1) is 0 Å². The van der Waals surface area contributed by atoms with E-state index in [0.29, 0.717) is 5.22 Å². The number of rotatable bonds is 4. The van der Waals surface area contributed by atoms with E-state index >= 15 is 0 Å². The van der Waals surface area contributed by atoms with Gasteiger partial charge in [0, 0.05) is 13.1 Å². The van der Waals surface area contributed by atoms with Crippen LogP contribution in [-0.4, -0.2) is 28.9 Å². The summed E-state index contributed by atoms with van der Waals surface area (Å²) >= 11 is 1.40. The number of likely N-dealkylation sites (tertiary alicyclic amines) is 1. The highest BCUT2D eigenvalue weighted by Crippen LogP contribution is 2.37. The minimum Gasteiger partial charge on any atom is -0.437 e. The van der Waals surface area contributed by atoms with Crippen LogP contribution in [0, 0.1) is 13.8 Å². The monoisotopic (exact) mass is 316 g/mol. The molecule has 1 fully saturated rings. The standard InChI is InChI=1S/C17H20N2O2S/c1-12-13(2)21-17(18-12)22-15(14-8-4-3-5-9-14)16(20)19-10-6-7-11-19/h3-5,8-9,15H,6-7,10-11H2,1-2H3. The van der Waals surface area contributed by atoms with E-state index in [-0.39, 0.29) is 11.2 Å². The minimum absolute atomic E-state index is 0.155. The van der Waals surface area contributed by atoms with Crippen molar-refractivity contribution in [1.82, 2.24) is 9.88 Å². The third kappa shape index (κ3) is 3.19. The molecule has 0 bridgehead atoms. The van der Waals surface area contributed by atoms with Crippen molar-refractivity contribution in [2.24, 2.45) is 0 Å². The van der Waals surface area contributed by atoms with Gasteiger partial charge in [0.2, 0.25) is 5.91 Å². The second kappa shape index (κ2) is 6.57. The Morgan fingerprint density at radius 3 is 2.50 bits per heavy atom. The number of nitrogens with zero attached hydrogens (tertiary/aromatic N) is 2. The molecule has 1 amide bonds. The normalized spacial score (nSPS) is 16.0. The molecule has 1 aliphatic rings. The van der Waals surface area contributed by atoms with E-state index in [0.717, 1.165) is 42.9 Å². The first-order valence-corrected chi connectivity index (χ1v) is 8.47. The van der Waals surface area contributed by atoms with Crippen LogP contribution in [0.25, 0.3) is 0 Å². The van der Waals surface area contributed by atoms with Crippen LogP contribution >= 0.6 is 11.8 Å². The molecule has 1 aliphatic heterocycles. The Hall–Kier alpha value is -1.75. The molecule has 0 radical (unpaired) electrons. The quantitative estimate of drug-likeness (QED) is 0.806. The van der Waals surface area contributed by atoms with Gasteiger partial charge in [0.05, 0.1) is 5.69 Å².